The number of fused-ring (bicyclic) bond motifs is 6. The molecule has 9 heterocycles. The molecule has 1 saturated carbocycles. The molecule has 3 N–H and O–H groups in total. The van der Waals surface area contributed by atoms with Crippen LogP contribution in [-0.2, 0) is 19.5 Å². The lowest BCUT2D eigenvalue weighted by Crippen LogP contribution is -2.66. The summed E-state index contributed by atoms with van der Waals surface area (Å²) in [6, 6.07) is 21.0. The standard InChI is InChI=1S/C49H53N9O9S/c1-28-5-2-3-6-36(28)38-7-4-12-56(38)33-18-49(19-33)26-55(27-49)31-8-9-37(39(15-31)57-41-13-29-10-11-50-46(29)52-48(41)67-44-25-64-24-42(44)57)47(59)53-68(62,63)35-16-40(58(60)61)45-43(17-35)66-22-30(51-45)20-54-21-34-14-32(54)23-65-34/h2-3,5-6,8-11,13,15-17,30,32-34,38,42,44,51H,4,7,12,14,18-27H2,1H3,(H,50,52)(H,53,59)/t30-,32+,34+,38+,42+,44+/m1/s1. The summed E-state index contributed by atoms with van der Waals surface area (Å²) in [4.78, 5) is 43.4. The number of carbonyl (C=O) groups is 1. The molecule has 5 saturated heterocycles. The third-order valence-corrected chi connectivity index (χ3v) is 17.2. The topological polar surface area (TPSA) is 197 Å². The average Bonchev–Trinajstić information content (AvgIpc) is 4.17. The number of likely N-dealkylation sites (tertiary alicyclic amines) is 2. The summed E-state index contributed by atoms with van der Waals surface area (Å²) in [7, 11) is -4.68. The molecule has 2 aromatic heterocycles. The summed E-state index contributed by atoms with van der Waals surface area (Å²) >= 11 is 0. The van der Waals surface area contributed by atoms with Crippen LogP contribution in [0.4, 0.5) is 28.4 Å². The van der Waals surface area contributed by atoms with E-state index in [-0.39, 0.29) is 47.2 Å². The second-order valence-electron chi connectivity index (χ2n) is 20.2. The highest BCUT2D eigenvalue weighted by Crippen LogP contribution is 2.55. The van der Waals surface area contributed by atoms with Crippen LogP contribution in [0.15, 0.2) is 77.8 Å². The van der Waals surface area contributed by atoms with Crippen LogP contribution >= 0.6 is 0 Å². The minimum absolute atomic E-state index is 0.0250. The van der Waals surface area contributed by atoms with Gasteiger partial charge in [-0.05, 0) is 87.0 Å². The van der Waals surface area contributed by atoms with E-state index >= 15 is 0 Å². The molecule has 6 atom stereocenters. The first kappa shape index (κ1) is 42.1. The van der Waals surface area contributed by atoms with Crippen molar-refractivity contribution in [3.8, 4) is 11.6 Å². The highest BCUT2D eigenvalue weighted by atomic mass is 32.2. The fourth-order valence-corrected chi connectivity index (χ4v) is 13.6. The number of amides is 1. The maximum absolute atomic E-state index is 14.7. The normalized spacial score (nSPS) is 27.2. The number of aryl methyl sites for hydroxylation is 1. The number of nitrogens with one attached hydrogen (secondary N) is 3. The van der Waals surface area contributed by atoms with Crippen LogP contribution in [0.5, 0.6) is 11.6 Å². The van der Waals surface area contributed by atoms with Crippen LogP contribution in [0, 0.1) is 22.5 Å². The first-order chi connectivity index (χ1) is 33.0. The Kier molecular flexibility index (Phi) is 9.78. The molecule has 19 heteroatoms. The predicted molar refractivity (Wildman–Crippen MR) is 252 cm³/mol. The molecule has 7 aliphatic heterocycles. The van der Waals surface area contributed by atoms with Crippen molar-refractivity contribution in [3.63, 3.8) is 0 Å². The molecule has 18 nitrogen and oxygen atoms in total. The summed E-state index contributed by atoms with van der Waals surface area (Å²) in [5, 5.41) is 16.6. The van der Waals surface area contributed by atoms with E-state index in [1.807, 2.05) is 29.2 Å². The van der Waals surface area contributed by atoms with Crippen LogP contribution in [0.2, 0.25) is 0 Å². The van der Waals surface area contributed by atoms with Gasteiger partial charge < -0.3 is 39.0 Å². The Hall–Kier alpha value is -5.99. The Morgan fingerprint density at radius 1 is 1.01 bits per heavy atom. The molecule has 13 rings (SSSR count). The van der Waals surface area contributed by atoms with Gasteiger partial charge in [-0.3, -0.25) is 24.7 Å². The largest absolute Gasteiger partial charge is 0.489 e. The molecule has 5 aromatic rings. The van der Waals surface area contributed by atoms with Gasteiger partial charge in [-0.1, -0.05) is 24.3 Å². The summed E-state index contributed by atoms with van der Waals surface area (Å²) < 4.78 is 55.0. The number of aromatic amines is 1. The lowest BCUT2D eigenvalue weighted by Gasteiger charge is -2.62. The smallest absolute Gasteiger partial charge is 0.297 e. The highest BCUT2D eigenvalue weighted by Gasteiger charge is 2.55. The zero-order valence-electron chi connectivity index (χ0n) is 37.6. The van der Waals surface area contributed by atoms with Crippen molar-refractivity contribution in [1.29, 1.82) is 0 Å². The van der Waals surface area contributed by atoms with Crippen molar-refractivity contribution >= 4 is 55.4 Å². The van der Waals surface area contributed by atoms with Gasteiger partial charge >= 0.3 is 0 Å². The number of rotatable bonds is 10. The maximum Gasteiger partial charge on any atom is 0.297 e. The number of anilines is 4. The predicted octanol–water partition coefficient (Wildman–Crippen LogP) is 5.65. The van der Waals surface area contributed by atoms with Crippen molar-refractivity contribution in [2.45, 2.75) is 86.3 Å². The van der Waals surface area contributed by atoms with Crippen LogP contribution in [0.1, 0.15) is 59.6 Å². The number of ether oxygens (including phenoxy) is 4. The number of nitro benzene ring substituents is 1. The molecule has 1 spiro atoms. The van der Waals surface area contributed by atoms with Crippen molar-refractivity contribution in [1.82, 2.24) is 24.5 Å². The van der Waals surface area contributed by atoms with Gasteiger partial charge in [0.05, 0.1) is 59.1 Å². The Labute approximate surface area is 393 Å². The first-order valence-corrected chi connectivity index (χ1v) is 25.3. The zero-order valence-corrected chi connectivity index (χ0v) is 38.5. The van der Waals surface area contributed by atoms with E-state index in [4.69, 9.17) is 23.9 Å². The van der Waals surface area contributed by atoms with E-state index in [2.05, 4.69) is 60.9 Å². The van der Waals surface area contributed by atoms with Crippen LogP contribution < -0.4 is 29.3 Å². The van der Waals surface area contributed by atoms with Gasteiger partial charge in [0, 0.05) is 79.1 Å². The Morgan fingerprint density at radius 2 is 1.88 bits per heavy atom. The summed E-state index contributed by atoms with van der Waals surface area (Å²) in [6.07, 6.45) is 7.19. The van der Waals surface area contributed by atoms with Crippen LogP contribution in [0.25, 0.3) is 11.0 Å². The summed E-state index contributed by atoms with van der Waals surface area (Å²) in [6.45, 7) is 7.89. The number of nitro groups is 1. The number of sulfonamides is 1. The SMILES string of the molecule is Cc1ccccc1[C@@H]1CCCN1C1CC2(C1)CN(c1ccc(C(=O)NS(=O)(=O)c3cc4c(c([N+](=O)[O-])c3)N[C@H](CN3C[C@@H]5C[C@H]3CO5)CO4)c(N3c4cc5cc[nH]c5nc4O[C@H]4COC[C@@H]43)c1)C2. The minimum atomic E-state index is -4.68. The molecule has 0 radical (unpaired) electrons. The number of hydrogen-bond acceptors (Lipinski definition) is 15. The molecule has 2 bridgehead atoms. The minimum Gasteiger partial charge on any atom is -0.489 e. The molecule has 6 fully saturated rings. The lowest BCUT2D eigenvalue weighted by molar-refractivity contribution is -0.384. The average molecular weight is 944 g/mol. The number of H-pyrrole nitrogens is 1. The molecule has 3 aromatic carbocycles. The van der Waals surface area contributed by atoms with E-state index < -0.39 is 37.5 Å². The second kappa shape index (κ2) is 15.8. The van der Waals surface area contributed by atoms with Crippen LogP contribution in [-0.4, -0.2) is 135 Å². The van der Waals surface area contributed by atoms with Gasteiger partial charge in [0.1, 0.15) is 24.0 Å². The number of carbonyl (C=O) groups excluding carboxylic acids is 1. The van der Waals surface area contributed by atoms with Gasteiger partial charge in [0.15, 0.2) is 11.4 Å². The number of morpholine rings is 1. The van der Waals surface area contributed by atoms with E-state index in [1.54, 1.807) is 12.3 Å². The number of aromatic nitrogens is 2. The molecule has 0 unspecified atom stereocenters. The van der Waals surface area contributed by atoms with E-state index in [0.29, 0.717) is 67.4 Å². The third kappa shape index (κ3) is 6.98. The fourth-order valence-electron chi connectivity index (χ4n) is 12.6. The van der Waals surface area contributed by atoms with E-state index in [0.717, 1.165) is 62.6 Å². The van der Waals surface area contributed by atoms with Gasteiger partial charge in [-0.25, -0.2) is 13.1 Å². The van der Waals surface area contributed by atoms with Gasteiger partial charge in [-0.15, -0.1) is 0 Å². The molecule has 1 aliphatic carbocycles. The van der Waals surface area contributed by atoms with Gasteiger partial charge in [-0.2, -0.15) is 4.98 Å². The van der Waals surface area contributed by atoms with Crippen molar-refractivity contribution in [2.24, 2.45) is 5.41 Å². The molecule has 1 amide bonds. The Balaban J connectivity index is 0.793. The Bertz CT molecular complexity index is 2990. The fraction of sp³-hybridized carbons (Fsp3) is 0.469. The molecular weight excluding hydrogens is 891 g/mol. The highest BCUT2D eigenvalue weighted by molar-refractivity contribution is 7.90. The molecule has 68 heavy (non-hydrogen) atoms. The summed E-state index contributed by atoms with van der Waals surface area (Å²) in [5.74, 6) is -0.508. The molecule has 354 valence electrons. The van der Waals surface area contributed by atoms with E-state index in [1.165, 1.54) is 30.0 Å². The maximum atomic E-state index is 14.7. The number of nitrogens with zero attached hydrogens (tertiary/aromatic N) is 6. The van der Waals surface area contributed by atoms with Gasteiger partial charge in [0.25, 0.3) is 21.6 Å². The molecular formula is C49H53N9O9S. The molecule has 8 aliphatic rings. The second-order valence-corrected chi connectivity index (χ2v) is 21.9. The Morgan fingerprint density at radius 3 is 2.69 bits per heavy atom. The van der Waals surface area contributed by atoms with Gasteiger partial charge in [0.2, 0.25) is 5.88 Å². The van der Waals surface area contributed by atoms with Crippen molar-refractivity contribution in [2.75, 3.05) is 74.3 Å². The zero-order chi connectivity index (χ0) is 46.1. The monoisotopic (exact) mass is 943 g/mol. The van der Waals surface area contributed by atoms with Crippen molar-refractivity contribution < 1.29 is 37.1 Å². The number of pyridine rings is 1. The van der Waals surface area contributed by atoms with Crippen molar-refractivity contribution in [3.05, 3.63) is 99.7 Å². The quantitative estimate of drug-likeness (QED) is 0.115. The first-order valence-electron chi connectivity index (χ1n) is 23.8. The lowest BCUT2D eigenvalue weighted by atomic mass is 9.60. The van der Waals surface area contributed by atoms with E-state index in [9.17, 15) is 23.3 Å². The summed E-state index contributed by atoms with van der Waals surface area (Å²) in [5.41, 5.74) is 5.37. The number of hydrogen-bond donors (Lipinski definition) is 3. The van der Waals surface area contributed by atoms with Crippen LogP contribution in [0.3, 0.4) is 0 Å². The number of benzene rings is 3. The third-order valence-electron chi connectivity index (χ3n) is 15.9.